The highest BCUT2D eigenvalue weighted by Gasteiger charge is 2.06. The van der Waals surface area contributed by atoms with E-state index in [0.717, 1.165) is 13.0 Å². The van der Waals surface area contributed by atoms with Crippen LogP contribution in [0.25, 0.3) is 0 Å². The van der Waals surface area contributed by atoms with Crippen LogP contribution in [0.1, 0.15) is 12.0 Å². The number of aliphatic carboxylic acids is 1. The topological polar surface area (TPSA) is 88.2 Å². The van der Waals surface area contributed by atoms with E-state index in [1.54, 1.807) is 12.4 Å². The monoisotopic (exact) mass is 223 g/mol. The number of aromatic nitrogens is 1. The molecule has 0 saturated heterocycles. The molecule has 0 spiro atoms. The minimum atomic E-state index is -0.858. The van der Waals surface area contributed by atoms with Crippen LogP contribution in [-0.2, 0) is 11.2 Å². The molecule has 1 heterocycles. The SMILES string of the molecule is NC(CNCCc1ccncc1)CC(=O)O. The van der Waals surface area contributed by atoms with Crippen LogP contribution >= 0.6 is 0 Å². The van der Waals surface area contributed by atoms with E-state index < -0.39 is 5.97 Å². The maximum absolute atomic E-state index is 10.3. The predicted molar refractivity (Wildman–Crippen MR) is 61.0 cm³/mol. The van der Waals surface area contributed by atoms with Crippen LogP contribution in [0.15, 0.2) is 24.5 Å². The van der Waals surface area contributed by atoms with Crippen molar-refractivity contribution in [2.24, 2.45) is 5.73 Å². The molecule has 16 heavy (non-hydrogen) atoms. The van der Waals surface area contributed by atoms with Gasteiger partial charge < -0.3 is 16.2 Å². The summed E-state index contributed by atoms with van der Waals surface area (Å²) in [7, 11) is 0. The minimum absolute atomic E-state index is 0.00224. The highest BCUT2D eigenvalue weighted by molar-refractivity contribution is 5.67. The Labute approximate surface area is 94.7 Å². The fourth-order valence-corrected chi connectivity index (χ4v) is 1.37. The highest BCUT2D eigenvalue weighted by Crippen LogP contribution is 1.96. The second kappa shape index (κ2) is 6.92. The van der Waals surface area contributed by atoms with Gasteiger partial charge in [-0.2, -0.15) is 0 Å². The smallest absolute Gasteiger partial charge is 0.304 e. The Balaban J connectivity index is 2.10. The van der Waals surface area contributed by atoms with E-state index in [1.807, 2.05) is 12.1 Å². The van der Waals surface area contributed by atoms with E-state index in [1.165, 1.54) is 5.56 Å². The molecule has 0 aliphatic rings. The summed E-state index contributed by atoms with van der Waals surface area (Å²) in [5.74, 6) is -0.858. The van der Waals surface area contributed by atoms with Gasteiger partial charge in [0.05, 0.1) is 6.42 Å². The van der Waals surface area contributed by atoms with Gasteiger partial charge in [0.1, 0.15) is 0 Å². The standard InChI is InChI=1S/C11H17N3O2/c12-10(7-11(15)16)8-14-6-3-9-1-4-13-5-2-9/h1-2,4-5,10,14H,3,6-8,12H2,(H,15,16). The van der Waals surface area contributed by atoms with E-state index in [2.05, 4.69) is 10.3 Å². The van der Waals surface area contributed by atoms with E-state index in [-0.39, 0.29) is 12.5 Å². The lowest BCUT2D eigenvalue weighted by Crippen LogP contribution is -2.36. The molecule has 0 radical (unpaired) electrons. The number of hydrogen-bond acceptors (Lipinski definition) is 4. The molecular formula is C11H17N3O2. The number of rotatable bonds is 7. The molecule has 0 amide bonds. The first-order chi connectivity index (χ1) is 7.68. The first kappa shape index (κ1) is 12.6. The molecule has 1 unspecified atom stereocenters. The van der Waals surface area contributed by atoms with Crippen LogP contribution in [-0.4, -0.2) is 35.2 Å². The van der Waals surface area contributed by atoms with Gasteiger partial charge in [0.2, 0.25) is 0 Å². The molecule has 4 N–H and O–H groups in total. The molecule has 5 nitrogen and oxygen atoms in total. The number of carboxylic acids is 1. The van der Waals surface area contributed by atoms with Gasteiger partial charge in [-0.05, 0) is 30.7 Å². The van der Waals surface area contributed by atoms with Gasteiger partial charge in [0.15, 0.2) is 0 Å². The first-order valence-corrected chi connectivity index (χ1v) is 5.25. The molecule has 0 saturated carbocycles. The van der Waals surface area contributed by atoms with Crippen molar-refractivity contribution in [1.29, 1.82) is 0 Å². The van der Waals surface area contributed by atoms with Crippen LogP contribution in [0.2, 0.25) is 0 Å². The zero-order valence-electron chi connectivity index (χ0n) is 9.10. The van der Waals surface area contributed by atoms with Crippen molar-refractivity contribution >= 4 is 5.97 Å². The van der Waals surface area contributed by atoms with E-state index in [0.29, 0.717) is 6.54 Å². The molecule has 0 aliphatic heterocycles. The van der Waals surface area contributed by atoms with E-state index in [9.17, 15) is 4.79 Å². The van der Waals surface area contributed by atoms with Crippen molar-refractivity contribution in [2.45, 2.75) is 18.9 Å². The van der Waals surface area contributed by atoms with Crippen molar-refractivity contribution in [1.82, 2.24) is 10.3 Å². The Morgan fingerprint density at radius 1 is 1.50 bits per heavy atom. The Kier molecular flexibility index (Phi) is 5.45. The fraction of sp³-hybridized carbons (Fsp3) is 0.455. The normalized spacial score (nSPS) is 12.3. The van der Waals surface area contributed by atoms with Crippen molar-refractivity contribution in [3.63, 3.8) is 0 Å². The summed E-state index contributed by atoms with van der Waals surface area (Å²) in [6.45, 7) is 1.31. The van der Waals surface area contributed by atoms with Crippen molar-refractivity contribution in [2.75, 3.05) is 13.1 Å². The minimum Gasteiger partial charge on any atom is -0.481 e. The van der Waals surface area contributed by atoms with Gasteiger partial charge in [-0.15, -0.1) is 0 Å². The molecule has 1 aromatic rings. The fourth-order valence-electron chi connectivity index (χ4n) is 1.37. The molecule has 5 heteroatoms. The summed E-state index contributed by atoms with van der Waals surface area (Å²) >= 11 is 0. The molecule has 1 rings (SSSR count). The van der Waals surface area contributed by atoms with Crippen molar-refractivity contribution in [3.8, 4) is 0 Å². The molecule has 1 aromatic heterocycles. The van der Waals surface area contributed by atoms with Crippen LogP contribution in [0.4, 0.5) is 0 Å². The summed E-state index contributed by atoms with van der Waals surface area (Å²) in [6.07, 6.45) is 4.40. The Morgan fingerprint density at radius 3 is 2.81 bits per heavy atom. The molecule has 1 atom stereocenters. The van der Waals surface area contributed by atoms with E-state index >= 15 is 0 Å². The lowest BCUT2D eigenvalue weighted by atomic mass is 10.2. The van der Waals surface area contributed by atoms with Gasteiger partial charge in [0.25, 0.3) is 0 Å². The summed E-state index contributed by atoms with van der Waals surface area (Å²) in [4.78, 5) is 14.3. The third kappa shape index (κ3) is 5.43. The number of pyridine rings is 1. The summed E-state index contributed by atoms with van der Waals surface area (Å²) in [5.41, 5.74) is 6.80. The highest BCUT2D eigenvalue weighted by atomic mass is 16.4. The number of carboxylic acid groups (broad SMARTS) is 1. The zero-order valence-corrected chi connectivity index (χ0v) is 9.10. The van der Waals surface area contributed by atoms with Gasteiger partial charge >= 0.3 is 5.97 Å². The zero-order chi connectivity index (χ0) is 11.8. The molecule has 88 valence electrons. The summed E-state index contributed by atoms with van der Waals surface area (Å²) in [6, 6.07) is 3.59. The van der Waals surface area contributed by atoms with Gasteiger partial charge in [-0.3, -0.25) is 9.78 Å². The quantitative estimate of drug-likeness (QED) is 0.567. The van der Waals surface area contributed by atoms with Gasteiger partial charge in [0, 0.05) is 25.0 Å². The first-order valence-electron chi connectivity index (χ1n) is 5.25. The van der Waals surface area contributed by atoms with Crippen LogP contribution in [0.5, 0.6) is 0 Å². The Hall–Kier alpha value is -1.46. The van der Waals surface area contributed by atoms with Crippen molar-refractivity contribution < 1.29 is 9.90 Å². The number of nitrogens with zero attached hydrogens (tertiary/aromatic N) is 1. The van der Waals surface area contributed by atoms with Crippen LogP contribution in [0.3, 0.4) is 0 Å². The largest absolute Gasteiger partial charge is 0.481 e. The van der Waals surface area contributed by atoms with Crippen LogP contribution < -0.4 is 11.1 Å². The Morgan fingerprint density at radius 2 is 2.19 bits per heavy atom. The third-order valence-electron chi connectivity index (χ3n) is 2.18. The average molecular weight is 223 g/mol. The summed E-state index contributed by atoms with van der Waals surface area (Å²) in [5, 5.41) is 11.6. The third-order valence-corrected chi connectivity index (χ3v) is 2.18. The Bertz CT molecular complexity index is 316. The van der Waals surface area contributed by atoms with E-state index in [4.69, 9.17) is 10.8 Å². The maximum Gasteiger partial charge on any atom is 0.304 e. The number of nitrogens with two attached hydrogens (primary N) is 1. The number of nitrogens with one attached hydrogen (secondary N) is 1. The maximum atomic E-state index is 10.3. The lowest BCUT2D eigenvalue weighted by Gasteiger charge is -2.10. The molecular weight excluding hydrogens is 206 g/mol. The van der Waals surface area contributed by atoms with Crippen molar-refractivity contribution in [3.05, 3.63) is 30.1 Å². The molecule has 0 aromatic carbocycles. The average Bonchev–Trinajstić information content (AvgIpc) is 2.25. The second-order valence-electron chi connectivity index (χ2n) is 3.67. The second-order valence-corrected chi connectivity index (χ2v) is 3.67. The number of carbonyl (C=O) groups is 1. The van der Waals surface area contributed by atoms with Gasteiger partial charge in [-0.1, -0.05) is 0 Å². The molecule has 0 fully saturated rings. The lowest BCUT2D eigenvalue weighted by molar-refractivity contribution is -0.137. The number of hydrogen-bond donors (Lipinski definition) is 3. The summed E-state index contributed by atoms with van der Waals surface area (Å²) < 4.78 is 0. The predicted octanol–water partition coefficient (Wildman–Crippen LogP) is 0.0157. The molecule has 0 bridgehead atoms. The van der Waals surface area contributed by atoms with Crippen LogP contribution in [0, 0.1) is 0 Å². The molecule has 0 aliphatic carbocycles. The van der Waals surface area contributed by atoms with Gasteiger partial charge in [-0.25, -0.2) is 0 Å².